The van der Waals surface area contributed by atoms with Crippen molar-refractivity contribution in [3.05, 3.63) is 46.3 Å². The zero-order valence-corrected chi connectivity index (χ0v) is 13.4. The number of nitrogens with one attached hydrogen (secondary N) is 2. The highest BCUT2D eigenvalue weighted by atomic mass is 32.2. The average Bonchev–Trinajstić information content (AvgIpc) is 3.24. The van der Waals surface area contributed by atoms with Gasteiger partial charge in [0.05, 0.1) is 29.4 Å². The quantitative estimate of drug-likeness (QED) is 0.560. The molecule has 1 aromatic carbocycles. The highest BCUT2D eigenvalue weighted by Gasteiger charge is 2.25. The Balaban J connectivity index is 1.73. The van der Waals surface area contributed by atoms with Crippen molar-refractivity contribution in [2.75, 3.05) is 13.1 Å². The van der Waals surface area contributed by atoms with Crippen LogP contribution in [0.1, 0.15) is 18.2 Å². The number of aromatic nitrogens is 3. The van der Waals surface area contributed by atoms with E-state index in [1.165, 1.54) is 18.2 Å². The number of nitro benzene ring substituents is 1. The molecule has 2 N–H and O–H groups in total. The van der Waals surface area contributed by atoms with Gasteiger partial charge in [-0.25, -0.2) is 17.8 Å². The summed E-state index contributed by atoms with van der Waals surface area (Å²) < 4.78 is 28.7. The molecule has 10 nitrogen and oxygen atoms in total. The van der Waals surface area contributed by atoms with Gasteiger partial charge in [0.2, 0.25) is 10.0 Å². The SMILES string of the molecule is O=[N+]([O-])c1ccccc1S(=O)(=O)NCc1cn(C2CCNC2)nn1. The van der Waals surface area contributed by atoms with Crippen molar-refractivity contribution < 1.29 is 13.3 Å². The van der Waals surface area contributed by atoms with Crippen LogP contribution in [0.5, 0.6) is 0 Å². The largest absolute Gasteiger partial charge is 0.315 e. The maximum atomic E-state index is 12.3. The molecule has 1 aliphatic rings. The van der Waals surface area contributed by atoms with Gasteiger partial charge in [0.15, 0.2) is 4.90 Å². The molecule has 1 unspecified atom stereocenters. The van der Waals surface area contributed by atoms with Crippen LogP contribution in [-0.2, 0) is 16.6 Å². The lowest BCUT2D eigenvalue weighted by Gasteiger charge is -2.07. The first kappa shape index (κ1) is 16.5. The molecule has 1 atom stereocenters. The minimum absolute atomic E-state index is 0.0888. The van der Waals surface area contributed by atoms with E-state index in [1.807, 2.05) is 0 Å². The Labute approximate surface area is 138 Å². The van der Waals surface area contributed by atoms with E-state index < -0.39 is 20.6 Å². The monoisotopic (exact) mass is 352 g/mol. The summed E-state index contributed by atoms with van der Waals surface area (Å²) in [6, 6.07) is 5.40. The maximum Gasteiger partial charge on any atom is 0.289 e. The number of rotatable bonds is 6. The fourth-order valence-corrected chi connectivity index (χ4v) is 3.69. The molecule has 0 aliphatic carbocycles. The fraction of sp³-hybridized carbons (Fsp3) is 0.385. The zero-order valence-electron chi connectivity index (χ0n) is 12.6. The van der Waals surface area contributed by atoms with E-state index in [-0.39, 0.29) is 17.5 Å². The van der Waals surface area contributed by atoms with Gasteiger partial charge in [-0.3, -0.25) is 10.1 Å². The molecule has 0 bridgehead atoms. The van der Waals surface area contributed by atoms with Crippen molar-refractivity contribution >= 4 is 15.7 Å². The molecule has 2 heterocycles. The van der Waals surface area contributed by atoms with E-state index in [2.05, 4.69) is 20.4 Å². The van der Waals surface area contributed by atoms with Crippen LogP contribution < -0.4 is 10.0 Å². The molecule has 0 radical (unpaired) electrons. The summed E-state index contributed by atoms with van der Waals surface area (Å²) in [7, 11) is -4.02. The number of sulfonamides is 1. The van der Waals surface area contributed by atoms with Gasteiger partial charge in [0, 0.05) is 12.6 Å². The fourth-order valence-electron chi connectivity index (χ4n) is 2.52. The minimum Gasteiger partial charge on any atom is -0.315 e. The Morgan fingerprint density at radius 1 is 1.42 bits per heavy atom. The topological polar surface area (TPSA) is 132 Å². The van der Waals surface area contributed by atoms with Crippen molar-refractivity contribution in [1.82, 2.24) is 25.0 Å². The van der Waals surface area contributed by atoms with E-state index >= 15 is 0 Å². The molecular formula is C13H16N6O4S. The lowest BCUT2D eigenvalue weighted by atomic mass is 10.3. The van der Waals surface area contributed by atoms with E-state index in [4.69, 9.17) is 0 Å². The summed E-state index contributed by atoms with van der Waals surface area (Å²) in [5.74, 6) is 0. The molecule has 0 saturated carbocycles. The molecular weight excluding hydrogens is 336 g/mol. The second-order valence-corrected chi connectivity index (χ2v) is 7.12. The van der Waals surface area contributed by atoms with Crippen LogP contribution >= 0.6 is 0 Å². The molecule has 1 fully saturated rings. The highest BCUT2D eigenvalue weighted by molar-refractivity contribution is 7.89. The summed E-state index contributed by atoms with van der Waals surface area (Å²) in [5.41, 5.74) is -0.0188. The highest BCUT2D eigenvalue weighted by Crippen LogP contribution is 2.22. The molecule has 0 spiro atoms. The van der Waals surface area contributed by atoms with Gasteiger partial charge in [0.1, 0.15) is 0 Å². The van der Waals surface area contributed by atoms with Crippen LogP contribution in [0.25, 0.3) is 0 Å². The van der Waals surface area contributed by atoms with Crippen LogP contribution in [0.15, 0.2) is 35.4 Å². The minimum atomic E-state index is -4.02. The van der Waals surface area contributed by atoms with Crippen molar-refractivity contribution in [2.45, 2.75) is 23.9 Å². The second kappa shape index (κ2) is 6.63. The van der Waals surface area contributed by atoms with Gasteiger partial charge in [-0.2, -0.15) is 0 Å². The zero-order chi connectivity index (χ0) is 17.2. The Bertz CT molecular complexity index is 844. The van der Waals surface area contributed by atoms with E-state index in [1.54, 1.807) is 10.9 Å². The maximum absolute atomic E-state index is 12.3. The number of hydrogen-bond acceptors (Lipinski definition) is 7. The Kier molecular flexibility index (Phi) is 4.55. The summed E-state index contributed by atoms with van der Waals surface area (Å²) in [6.45, 7) is 1.61. The molecule has 24 heavy (non-hydrogen) atoms. The lowest BCUT2D eigenvalue weighted by molar-refractivity contribution is -0.387. The third kappa shape index (κ3) is 3.42. The van der Waals surface area contributed by atoms with Crippen LogP contribution in [0.3, 0.4) is 0 Å². The molecule has 2 aromatic rings. The number of nitro groups is 1. The van der Waals surface area contributed by atoms with Gasteiger partial charge in [-0.05, 0) is 19.0 Å². The van der Waals surface area contributed by atoms with Crippen molar-refractivity contribution in [2.24, 2.45) is 0 Å². The number of para-hydroxylation sites is 1. The van der Waals surface area contributed by atoms with Crippen molar-refractivity contribution in [3.63, 3.8) is 0 Å². The Morgan fingerprint density at radius 3 is 2.92 bits per heavy atom. The second-order valence-electron chi connectivity index (χ2n) is 5.39. The summed E-state index contributed by atoms with van der Waals surface area (Å²) >= 11 is 0. The third-order valence-electron chi connectivity index (χ3n) is 3.76. The van der Waals surface area contributed by atoms with Gasteiger partial charge in [-0.15, -0.1) is 5.10 Å². The van der Waals surface area contributed by atoms with Gasteiger partial charge in [0.25, 0.3) is 5.69 Å². The van der Waals surface area contributed by atoms with Crippen LogP contribution in [0.4, 0.5) is 5.69 Å². The molecule has 3 rings (SSSR count). The predicted molar refractivity (Wildman–Crippen MR) is 83.7 cm³/mol. The standard InChI is InChI=1S/C13H16N6O4S/c20-19(21)12-3-1-2-4-13(12)24(22,23)15-7-10-9-18(17-16-10)11-5-6-14-8-11/h1-4,9,11,14-15H,5-8H2. The van der Waals surface area contributed by atoms with Crippen molar-refractivity contribution in [3.8, 4) is 0 Å². The molecule has 1 saturated heterocycles. The molecule has 1 aliphatic heterocycles. The van der Waals surface area contributed by atoms with Crippen LogP contribution in [-0.4, -0.2) is 41.4 Å². The molecule has 128 valence electrons. The first-order valence-corrected chi connectivity index (χ1v) is 8.80. The van der Waals surface area contributed by atoms with Gasteiger partial charge in [-0.1, -0.05) is 17.3 Å². The normalized spacial score (nSPS) is 17.9. The predicted octanol–water partition coefficient (Wildman–Crippen LogP) is 0.199. The number of hydrogen-bond donors (Lipinski definition) is 2. The molecule has 11 heteroatoms. The molecule has 0 amide bonds. The van der Waals surface area contributed by atoms with Gasteiger partial charge < -0.3 is 5.32 Å². The van der Waals surface area contributed by atoms with Gasteiger partial charge >= 0.3 is 0 Å². The number of benzene rings is 1. The van der Waals surface area contributed by atoms with E-state index in [0.717, 1.165) is 25.6 Å². The third-order valence-corrected chi connectivity index (χ3v) is 5.21. The van der Waals surface area contributed by atoms with E-state index in [0.29, 0.717) is 5.69 Å². The summed E-state index contributed by atoms with van der Waals surface area (Å²) in [5, 5.41) is 22.1. The Morgan fingerprint density at radius 2 is 2.21 bits per heavy atom. The first-order valence-electron chi connectivity index (χ1n) is 7.32. The first-order chi connectivity index (χ1) is 11.5. The molecule has 1 aromatic heterocycles. The lowest BCUT2D eigenvalue weighted by Crippen LogP contribution is -2.24. The summed E-state index contributed by atoms with van der Waals surface area (Å²) in [6.07, 6.45) is 2.62. The summed E-state index contributed by atoms with van der Waals surface area (Å²) in [4.78, 5) is 9.88. The number of nitrogens with zero attached hydrogens (tertiary/aromatic N) is 4. The van der Waals surface area contributed by atoms with Crippen molar-refractivity contribution in [1.29, 1.82) is 0 Å². The smallest absolute Gasteiger partial charge is 0.289 e. The van der Waals surface area contributed by atoms with Crippen LogP contribution in [0.2, 0.25) is 0 Å². The van der Waals surface area contributed by atoms with Crippen LogP contribution in [0, 0.1) is 10.1 Å². The average molecular weight is 352 g/mol. The van der Waals surface area contributed by atoms with E-state index in [9.17, 15) is 18.5 Å². The Hall–Kier alpha value is -2.37.